The molecular formula is C17H24N2O4. The Morgan fingerprint density at radius 2 is 1.70 bits per heavy atom. The van der Waals surface area contributed by atoms with Gasteiger partial charge < -0.3 is 5.11 Å². The highest BCUT2D eigenvalue weighted by Crippen LogP contribution is 2.15. The highest BCUT2D eigenvalue weighted by molar-refractivity contribution is 6.09. The van der Waals surface area contributed by atoms with Crippen LogP contribution in [0.2, 0.25) is 0 Å². The quantitative estimate of drug-likeness (QED) is 0.239. The highest BCUT2D eigenvalue weighted by atomic mass is 16.4. The second-order valence-corrected chi connectivity index (χ2v) is 5.47. The lowest BCUT2D eigenvalue weighted by Crippen LogP contribution is -2.47. The molecule has 0 bridgehead atoms. The van der Waals surface area contributed by atoms with Gasteiger partial charge in [-0.3, -0.25) is 14.4 Å². The monoisotopic (exact) mass is 320 g/mol. The average Bonchev–Trinajstić information content (AvgIpc) is 2.56. The summed E-state index contributed by atoms with van der Waals surface area (Å²) in [6.07, 6.45) is 4.85. The van der Waals surface area contributed by atoms with E-state index in [2.05, 4.69) is 6.92 Å². The van der Waals surface area contributed by atoms with Crippen molar-refractivity contribution in [2.75, 3.05) is 0 Å². The van der Waals surface area contributed by atoms with E-state index >= 15 is 0 Å². The lowest BCUT2D eigenvalue weighted by atomic mass is 9.99. The second kappa shape index (κ2) is 9.74. The first-order chi connectivity index (χ1) is 11.0. The summed E-state index contributed by atoms with van der Waals surface area (Å²) in [5.41, 5.74) is 0.246. The fraction of sp³-hybridized carbons (Fsp3) is 0.471. The molecule has 126 valence electrons. The summed E-state index contributed by atoms with van der Waals surface area (Å²) in [6.45, 7) is 2.09. The number of benzene rings is 1. The highest BCUT2D eigenvalue weighted by Gasteiger charge is 2.32. The number of carboxylic acids is 1. The molecule has 1 rings (SSSR count). The van der Waals surface area contributed by atoms with Gasteiger partial charge in [-0.25, -0.2) is 10.9 Å². The van der Waals surface area contributed by atoms with Crippen molar-refractivity contribution in [3.63, 3.8) is 0 Å². The van der Waals surface area contributed by atoms with Crippen molar-refractivity contribution < 1.29 is 19.5 Å². The number of amides is 2. The third-order valence-electron chi connectivity index (χ3n) is 3.67. The van der Waals surface area contributed by atoms with Gasteiger partial charge in [-0.2, -0.15) is 0 Å². The molecule has 3 N–H and O–H groups in total. The Labute approximate surface area is 136 Å². The molecule has 0 aliphatic heterocycles. The Hall–Kier alpha value is -2.21. The first-order valence-electron chi connectivity index (χ1n) is 7.89. The summed E-state index contributed by atoms with van der Waals surface area (Å²) in [4.78, 5) is 35.6. The molecule has 1 atom stereocenters. The number of unbranched alkanes of at least 4 members (excludes halogenated alkanes) is 4. The van der Waals surface area contributed by atoms with Crippen molar-refractivity contribution in [1.29, 1.82) is 0 Å². The van der Waals surface area contributed by atoms with E-state index in [-0.39, 0.29) is 12.0 Å². The van der Waals surface area contributed by atoms with Gasteiger partial charge in [-0.15, -0.1) is 0 Å². The number of carbonyl (C=O) groups excluding carboxylic acids is 2. The van der Waals surface area contributed by atoms with Crippen LogP contribution in [0.5, 0.6) is 0 Å². The Morgan fingerprint density at radius 3 is 2.26 bits per heavy atom. The molecule has 0 spiro atoms. The Bertz CT molecular complexity index is 531. The van der Waals surface area contributed by atoms with Gasteiger partial charge in [-0.05, 0) is 18.6 Å². The minimum atomic E-state index is -1.28. The fourth-order valence-electron chi connectivity index (χ4n) is 2.29. The maximum atomic E-state index is 12.2. The molecule has 2 amide bonds. The van der Waals surface area contributed by atoms with Crippen molar-refractivity contribution in [2.45, 2.75) is 45.4 Å². The van der Waals surface area contributed by atoms with Crippen molar-refractivity contribution in [2.24, 2.45) is 11.8 Å². The zero-order chi connectivity index (χ0) is 17.2. The van der Waals surface area contributed by atoms with Gasteiger partial charge in [0, 0.05) is 5.56 Å². The average molecular weight is 320 g/mol. The molecule has 0 saturated heterocycles. The van der Waals surface area contributed by atoms with Crippen LogP contribution < -0.4 is 5.84 Å². The summed E-state index contributed by atoms with van der Waals surface area (Å²) >= 11 is 0. The van der Waals surface area contributed by atoms with Gasteiger partial charge in [0.25, 0.3) is 11.8 Å². The molecule has 0 saturated carbocycles. The van der Waals surface area contributed by atoms with Crippen LogP contribution >= 0.6 is 0 Å². The summed E-state index contributed by atoms with van der Waals surface area (Å²) in [6, 6.07) is 8.07. The van der Waals surface area contributed by atoms with Crippen molar-refractivity contribution in [3.05, 3.63) is 35.9 Å². The number of hydrogen-bond donors (Lipinski definition) is 2. The molecule has 6 heteroatoms. The number of aliphatic carboxylic acids is 1. The zero-order valence-corrected chi connectivity index (χ0v) is 13.4. The van der Waals surface area contributed by atoms with E-state index in [4.69, 9.17) is 5.84 Å². The van der Waals surface area contributed by atoms with Crippen molar-refractivity contribution in [1.82, 2.24) is 5.01 Å². The third kappa shape index (κ3) is 5.83. The van der Waals surface area contributed by atoms with E-state index in [0.29, 0.717) is 11.4 Å². The number of nitrogens with two attached hydrogens (primary N) is 1. The minimum absolute atomic E-state index is 0.188. The van der Waals surface area contributed by atoms with Crippen LogP contribution in [-0.2, 0) is 9.59 Å². The van der Waals surface area contributed by atoms with E-state index in [1.807, 2.05) is 0 Å². The standard InChI is InChI=1S/C17H24N2O4/c1-2-3-4-5-9-12-14(17(22)23)16(21)19(18)15(20)13-10-7-6-8-11-13/h6-8,10-11,14H,2-5,9,12,18H2,1H3,(H,22,23). The number of rotatable bonds is 9. The van der Waals surface area contributed by atoms with Crippen LogP contribution in [0.3, 0.4) is 0 Å². The second-order valence-electron chi connectivity index (χ2n) is 5.47. The number of carbonyl (C=O) groups is 3. The van der Waals surface area contributed by atoms with Gasteiger partial charge in [-0.1, -0.05) is 57.2 Å². The lowest BCUT2D eigenvalue weighted by molar-refractivity contribution is -0.150. The maximum Gasteiger partial charge on any atom is 0.316 e. The summed E-state index contributed by atoms with van der Waals surface area (Å²) in [5, 5.41) is 9.65. The molecule has 0 aliphatic carbocycles. The van der Waals surface area contributed by atoms with E-state index in [1.54, 1.807) is 18.2 Å². The molecule has 1 unspecified atom stereocenters. The van der Waals surface area contributed by atoms with Crippen LogP contribution in [0.15, 0.2) is 30.3 Å². The van der Waals surface area contributed by atoms with Gasteiger partial charge in [0.2, 0.25) is 0 Å². The predicted molar refractivity (Wildman–Crippen MR) is 86.3 cm³/mol. The molecule has 0 heterocycles. The first-order valence-corrected chi connectivity index (χ1v) is 7.89. The molecule has 1 aromatic carbocycles. The largest absolute Gasteiger partial charge is 0.481 e. The smallest absolute Gasteiger partial charge is 0.316 e. The first kappa shape index (κ1) is 18.8. The van der Waals surface area contributed by atoms with Gasteiger partial charge >= 0.3 is 5.97 Å². The number of nitrogens with zero attached hydrogens (tertiary/aromatic N) is 1. The number of imide groups is 1. The van der Waals surface area contributed by atoms with Gasteiger partial charge in [0.05, 0.1) is 0 Å². The summed E-state index contributed by atoms with van der Waals surface area (Å²) in [7, 11) is 0. The van der Waals surface area contributed by atoms with Crippen molar-refractivity contribution >= 4 is 17.8 Å². The van der Waals surface area contributed by atoms with E-state index in [9.17, 15) is 19.5 Å². The summed E-state index contributed by atoms with van der Waals surface area (Å²) in [5.74, 6) is 1.45. The molecule has 0 aliphatic rings. The molecule has 23 heavy (non-hydrogen) atoms. The Morgan fingerprint density at radius 1 is 1.09 bits per heavy atom. The van der Waals surface area contributed by atoms with Crippen LogP contribution in [0.1, 0.15) is 55.8 Å². The molecular weight excluding hydrogens is 296 g/mol. The number of hydrazine groups is 1. The predicted octanol–water partition coefficient (Wildman–Crippen LogP) is 2.59. The third-order valence-corrected chi connectivity index (χ3v) is 3.67. The molecule has 0 aromatic heterocycles. The van der Waals surface area contributed by atoms with Gasteiger partial charge in [0.1, 0.15) is 5.92 Å². The van der Waals surface area contributed by atoms with Crippen LogP contribution in [0, 0.1) is 5.92 Å². The normalized spacial score (nSPS) is 11.7. The van der Waals surface area contributed by atoms with Crippen LogP contribution in [0.4, 0.5) is 0 Å². The Balaban J connectivity index is 2.65. The van der Waals surface area contributed by atoms with E-state index in [0.717, 1.165) is 25.7 Å². The fourth-order valence-corrected chi connectivity index (χ4v) is 2.29. The van der Waals surface area contributed by atoms with Gasteiger partial charge in [0.15, 0.2) is 0 Å². The van der Waals surface area contributed by atoms with Crippen LogP contribution in [0.25, 0.3) is 0 Å². The molecule has 0 radical (unpaired) electrons. The molecule has 1 aromatic rings. The number of hydrogen-bond acceptors (Lipinski definition) is 4. The SMILES string of the molecule is CCCCCCCC(C(=O)O)C(=O)N(N)C(=O)c1ccccc1. The maximum absolute atomic E-state index is 12.2. The minimum Gasteiger partial charge on any atom is -0.481 e. The van der Waals surface area contributed by atoms with E-state index < -0.39 is 23.7 Å². The molecule has 6 nitrogen and oxygen atoms in total. The number of carboxylic acid groups (broad SMARTS) is 1. The zero-order valence-electron chi connectivity index (χ0n) is 13.4. The lowest BCUT2D eigenvalue weighted by Gasteiger charge is -2.19. The van der Waals surface area contributed by atoms with Crippen LogP contribution in [-0.4, -0.2) is 27.9 Å². The topological polar surface area (TPSA) is 101 Å². The van der Waals surface area contributed by atoms with Crippen molar-refractivity contribution in [3.8, 4) is 0 Å². The Kier molecular flexibility index (Phi) is 7.97. The van der Waals surface area contributed by atoms with E-state index in [1.165, 1.54) is 12.1 Å². The molecule has 0 fully saturated rings. The summed E-state index contributed by atoms with van der Waals surface area (Å²) < 4.78 is 0.